The van der Waals surface area contributed by atoms with Crippen molar-refractivity contribution in [1.29, 1.82) is 0 Å². The minimum atomic E-state index is 0.900. The highest BCUT2D eigenvalue weighted by Crippen LogP contribution is 2.19. The Kier molecular flexibility index (Phi) is 4.30. The summed E-state index contributed by atoms with van der Waals surface area (Å²) >= 11 is 0. The van der Waals surface area contributed by atoms with E-state index in [1.54, 1.807) is 0 Å². The Labute approximate surface area is 75.7 Å². The van der Waals surface area contributed by atoms with Gasteiger partial charge in [0.15, 0.2) is 0 Å². The second kappa shape index (κ2) is 5.31. The van der Waals surface area contributed by atoms with Crippen molar-refractivity contribution in [2.75, 3.05) is 26.2 Å². The van der Waals surface area contributed by atoms with Crippen LogP contribution >= 0.6 is 0 Å². The standard InChI is InChI=1S/C10H20N2/c1-3-10-4-7-12(8-5-10)9-6-11-2/h10H,2-9H2,1H3. The first-order valence-corrected chi connectivity index (χ1v) is 5.01. The Morgan fingerprint density at radius 2 is 2.08 bits per heavy atom. The summed E-state index contributed by atoms with van der Waals surface area (Å²) in [5.41, 5.74) is 0. The average molecular weight is 168 g/mol. The molecule has 0 saturated carbocycles. The Morgan fingerprint density at radius 3 is 2.58 bits per heavy atom. The summed E-state index contributed by atoms with van der Waals surface area (Å²) in [6.45, 7) is 10.4. The SMILES string of the molecule is C=NCCN1CCC(CC)CC1. The van der Waals surface area contributed by atoms with Crippen LogP contribution in [0.3, 0.4) is 0 Å². The quantitative estimate of drug-likeness (QED) is 0.584. The number of piperidine rings is 1. The lowest BCUT2D eigenvalue weighted by atomic mass is 9.94. The van der Waals surface area contributed by atoms with Gasteiger partial charge in [-0.25, -0.2) is 0 Å². The van der Waals surface area contributed by atoms with Gasteiger partial charge in [0.05, 0.1) is 6.54 Å². The first-order chi connectivity index (χ1) is 5.86. The van der Waals surface area contributed by atoms with Crippen molar-refractivity contribution in [1.82, 2.24) is 4.90 Å². The summed E-state index contributed by atoms with van der Waals surface area (Å²) in [5.74, 6) is 0.984. The van der Waals surface area contributed by atoms with E-state index in [1.807, 2.05) is 0 Å². The monoisotopic (exact) mass is 168 g/mol. The van der Waals surface area contributed by atoms with Crippen LogP contribution in [-0.2, 0) is 0 Å². The molecule has 0 radical (unpaired) electrons. The molecule has 0 spiro atoms. The third kappa shape index (κ3) is 2.94. The second-order valence-corrected chi connectivity index (χ2v) is 3.64. The van der Waals surface area contributed by atoms with Gasteiger partial charge in [-0.3, -0.25) is 4.99 Å². The number of hydrogen-bond acceptors (Lipinski definition) is 2. The van der Waals surface area contributed by atoms with Crippen LogP contribution in [0.15, 0.2) is 4.99 Å². The molecular formula is C10H20N2. The third-order valence-corrected chi connectivity index (χ3v) is 2.86. The smallest absolute Gasteiger partial charge is 0.0509 e. The number of nitrogens with zero attached hydrogens (tertiary/aromatic N) is 2. The van der Waals surface area contributed by atoms with Crippen molar-refractivity contribution < 1.29 is 0 Å². The van der Waals surface area contributed by atoms with Crippen LogP contribution in [0.25, 0.3) is 0 Å². The highest BCUT2D eigenvalue weighted by atomic mass is 15.1. The maximum atomic E-state index is 3.88. The topological polar surface area (TPSA) is 15.6 Å². The molecule has 0 bridgehead atoms. The Balaban J connectivity index is 2.12. The molecule has 2 heteroatoms. The average Bonchev–Trinajstić information content (AvgIpc) is 2.15. The Bertz CT molecular complexity index is 126. The zero-order chi connectivity index (χ0) is 8.81. The van der Waals surface area contributed by atoms with Crippen LogP contribution < -0.4 is 0 Å². The molecule has 1 rings (SSSR count). The fourth-order valence-corrected chi connectivity index (χ4v) is 1.83. The largest absolute Gasteiger partial charge is 0.301 e. The Morgan fingerprint density at radius 1 is 1.42 bits per heavy atom. The minimum Gasteiger partial charge on any atom is -0.301 e. The fourth-order valence-electron chi connectivity index (χ4n) is 1.83. The summed E-state index contributed by atoms with van der Waals surface area (Å²) < 4.78 is 0. The summed E-state index contributed by atoms with van der Waals surface area (Å²) in [5, 5.41) is 0. The second-order valence-electron chi connectivity index (χ2n) is 3.64. The van der Waals surface area contributed by atoms with Gasteiger partial charge in [0.1, 0.15) is 0 Å². The molecule has 1 aliphatic heterocycles. The lowest BCUT2D eigenvalue weighted by Crippen LogP contribution is -2.35. The number of rotatable bonds is 4. The van der Waals surface area contributed by atoms with E-state index in [0.29, 0.717) is 0 Å². The van der Waals surface area contributed by atoms with Gasteiger partial charge in [0.25, 0.3) is 0 Å². The number of hydrogen-bond donors (Lipinski definition) is 0. The maximum absolute atomic E-state index is 3.88. The molecule has 0 aromatic heterocycles. The number of aliphatic imine (C=N–C) groups is 1. The summed E-state index contributed by atoms with van der Waals surface area (Å²) in [6, 6.07) is 0. The van der Waals surface area contributed by atoms with Gasteiger partial charge in [-0.15, -0.1) is 0 Å². The van der Waals surface area contributed by atoms with E-state index in [-0.39, 0.29) is 0 Å². The highest BCUT2D eigenvalue weighted by Gasteiger charge is 2.16. The molecule has 0 amide bonds. The fraction of sp³-hybridized carbons (Fsp3) is 0.900. The van der Waals surface area contributed by atoms with Gasteiger partial charge in [0, 0.05) is 6.54 Å². The van der Waals surface area contributed by atoms with Gasteiger partial charge < -0.3 is 4.90 Å². The molecule has 0 aromatic carbocycles. The molecule has 1 saturated heterocycles. The molecule has 0 atom stereocenters. The molecule has 70 valence electrons. The van der Waals surface area contributed by atoms with E-state index in [1.165, 1.54) is 32.4 Å². The van der Waals surface area contributed by atoms with Gasteiger partial charge in [-0.2, -0.15) is 0 Å². The number of likely N-dealkylation sites (tertiary alicyclic amines) is 1. The van der Waals surface area contributed by atoms with Crippen molar-refractivity contribution >= 4 is 6.72 Å². The zero-order valence-corrected chi connectivity index (χ0v) is 8.13. The van der Waals surface area contributed by atoms with Crippen molar-refractivity contribution in [2.45, 2.75) is 26.2 Å². The minimum absolute atomic E-state index is 0.900. The molecular weight excluding hydrogens is 148 g/mol. The van der Waals surface area contributed by atoms with Gasteiger partial charge >= 0.3 is 0 Å². The van der Waals surface area contributed by atoms with E-state index < -0.39 is 0 Å². The van der Waals surface area contributed by atoms with Crippen molar-refractivity contribution in [3.63, 3.8) is 0 Å². The summed E-state index contributed by atoms with van der Waals surface area (Å²) in [7, 11) is 0. The van der Waals surface area contributed by atoms with Crippen LogP contribution in [-0.4, -0.2) is 37.8 Å². The lowest BCUT2D eigenvalue weighted by molar-refractivity contribution is 0.186. The van der Waals surface area contributed by atoms with Crippen molar-refractivity contribution in [3.8, 4) is 0 Å². The van der Waals surface area contributed by atoms with Crippen LogP contribution in [0.4, 0.5) is 0 Å². The molecule has 1 heterocycles. The van der Waals surface area contributed by atoms with Crippen LogP contribution in [0.5, 0.6) is 0 Å². The van der Waals surface area contributed by atoms with E-state index in [9.17, 15) is 0 Å². The molecule has 12 heavy (non-hydrogen) atoms. The first-order valence-electron chi connectivity index (χ1n) is 5.01. The van der Waals surface area contributed by atoms with Crippen molar-refractivity contribution in [2.24, 2.45) is 10.9 Å². The predicted octanol–water partition coefficient (Wildman–Crippen LogP) is 1.81. The molecule has 2 nitrogen and oxygen atoms in total. The van der Waals surface area contributed by atoms with Crippen LogP contribution in [0.2, 0.25) is 0 Å². The molecule has 0 unspecified atom stereocenters. The lowest BCUT2D eigenvalue weighted by Gasteiger charge is -2.30. The van der Waals surface area contributed by atoms with Gasteiger partial charge in [-0.05, 0) is 38.6 Å². The first kappa shape index (κ1) is 9.72. The van der Waals surface area contributed by atoms with E-state index in [2.05, 4.69) is 23.5 Å². The van der Waals surface area contributed by atoms with Gasteiger partial charge in [-0.1, -0.05) is 13.3 Å². The molecule has 1 fully saturated rings. The van der Waals surface area contributed by atoms with E-state index in [4.69, 9.17) is 0 Å². The predicted molar refractivity (Wildman–Crippen MR) is 53.9 cm³/mol. The normalized spacial score (nSPS) is 21.1. The van der Waals surface area contributed by atoms with Crippen molar-refractivity contribution in [3.05, 3.63) is 0 Å². The van der Waals surface area contributed by atoms with Crippen LogP contribution in [0, 0.1) is 5.92 Å². The van der Waals surface area contributed by atoms with Crippen LogP contribution in [0.1, 0.15) is 26.2 Å². The van der Waals surface area contributed by atoms with E-state index >= 15 is 0 Å². The molecule has 0 N–H and O–H groups in total. The molecule has 0 aromatic rings. The third-order valence-electron chi connectivity index (χ3n) is 2.86. The summed E-state index contributed by atoms with van der Waals surface area (Å²) in [6.07, 6.45) is 4.12. The highest BCUT2D eigenvalue weighted by molar-refractivity contribution is 5.23. The van der Waals surface area contributed by atoms with E-state index in [0.717, 1.165) is 19.0 Å². The molecule has 0 aliphatic carbocycles. The van der Waals surface area contributed by atoms with Gasteiger partial charge in [0.2, 0.25) is 0 Å². The zero-order valence-electron chi connectivity index (χ0n) is 8.13. The maximum Gasteiger partial charge on any atom is 0.0509 e. The summed E-state index contributed by atoms with van der Waals surface area (Å²) in [4.78, 5) is 6.38. The molecule has 1 aliphatic rings. The Hall–Kier alpha value is -0.370.